The largest absolute Gasteiger partial charge is 0.487 e. The fourth-order valence-electron chi connectivity index (χ4n) is 3.18. The summed E-state index contributed by atoms with van der Waals surface area (Å²) >= 11 is 0. The van der Waals surface area contributed by atoms with E-state index in [1.54, 1.807) is 6.20 Å². The molecule has 1 aromatic carbocycles. The summed E-state index contributed by atoms with van der Waals surface area (Å²) in [4.78, 5) is 16.4. The summed E-state index contributed by atoms with van der Waals surface area (Å²) in [5, 5.41) is 0. The van der Waals surface area contributed by atoms with Crippen molar-refractivity contribution in [3.63, 3.8) is 0 Å². The molecule has 1 aliphatic carbocycles. The first kappa shape index (κ1) is 16.5. The minimum absolute atomic E-state index is 0.137. The lowest BCUT2D eigenvalue weighted by molar-refractivity contribution is -0.143. The Kier molecular flexibility index (Phi) is 5.47. The van der Waals surface area contributed by atoms with Gasteiger partial charge in [0.25, 0.3) is 0 Å². The minimum atomic E-state index is -0.137. The van der Waals surface area contributed by atoms with Crippen LogP contribution in [0.2, 0.25) is 0 Å². The molecule has 3 rings (SSSR count). The molecule has 0 N–H and O–H groups in total. The van der Waals surface area contributed by atoms with Gasteiger partial charge in [-0.15, -0.1) is 0 Å². The van der Waals surface area contributed by atoms with Gasteiger partial charge in [-0.2, -0.15) is 0 Å². The Morgan fingerprint density at radius 3 is 2.92 bits per heavy atom. The molecule has 126 valence electrons. The number of carbonyl (C=O) groups is 1. The van der Waals surface area contributed by atoms with Crippen molar-refractivity contribution in [3.05, 3.63) is 59.4 Å². The zero-order valence-electron chi connectivity index (χ0n) is 14.0. The van der Waals surface area contributed by atoms with Crippen LogP contribution in [-0.4, -0.2) is 17.6 Å². The first-order valence-corrected chi connectivity index (χ1v) is 8.57. The molecule has 0 bridgehead atoms. The maximum atomic E-state index is 11.8. The third-order valence-electron chi connectivity index (χ3n) is 4.33. The molecule has 0 saturated carbocycles. The predicted octanol–water partition coefficient (Wildman–Crippen LogP) is 4.03. The van der Waals surface area contributed by atoms with E-state index in [1.807, 2.05) is 37.3 Å². The lowest BCUT2D eigenvalue weighted by Gasteiger charge is -2.24. The number of ether oxygens (including phenoxy) is 2. The van der Waals surface area contributed by atoms with E-state index in [0.29, 0.717) is 19.6 Å². The van der Waals surface area contributed by atoms with Gasteiger partial charge in [-0.05, 0) is 43.4 Å². The second-order valence-electron chi connectivity index (χ2n) is 6.09. The Hall–Kier alpha value is -2.36. The molecule has 1 aliphatic rings. The number of pyridine rings is 1. The van der Waals surface area contributed by atoms with E-state index >= 15 is 0 Å². The highest BCUT2D eigenvalue weighted by atomic mass is 16.5. The van der Waals surface area contributed by atoms with Crippen LogP contribution >= 0.6 is 0 Å². The zero-order chi connectivity index (χ0) is 16.8. The second kappa shape index (κ2) is 7.95. The minimum Gasteiger partial charge on any atom is -0.487 e. The molecule has 1 unspecified atom stereocenters. The van der Waals surface area contributed by atoms with Gasteiger partial charge in [-0.1, -0.05) is 30.3 Å². The summed E-state index contributed by atoms with van der Waals surface area (Å²) < 4.78 is 10.9. The average molecular weight is 325 g/mol. The molecule has 0 amide bonds. The number of hydrogen-bond donors (Lipinski definition) is 0. The molecule has 1 aromatic heterocycles. The summed E-state index contributed by atoms with van der Waals surface area (Å²) in [6, 6.07) is 12.2. The van der Waals surface area contributed by atoms with Crippen LogP contribution in [0, 0.1) is 0 Å². The Bertz CT molecular complexity index is 685. The van der Waals surface area contributed by atoms with E-state index in [9.17, 15) is 4.79 Å². The van der Waals surface area contributed by atoms with Crippen LogP contribution in [0.15, 0.2) is 42.6 Å². The van der Waals surface area contributed by atoms with Gasteiger partial charge in [0.1, 0.15) is 12.4 Å². The fourth-order valence-corrected chi connectivity index (χ4v) is 3.18. The highest BCUT2D eigenvalue weighted by molar-refractivity contribution is 5.70. The molecule has 2 aromatic rings. The van der Waals surface area contributed by atoms with E-state index in [4.69, 9.17) is 9.47 Å². The molecule has 0 aliphatic heterocycles. The van der Waals surface area contributed by atoms with Crippen LogP contribution in [0.25, 0.3) is 0 Å². The molecule has 1 heterocycles. The average Bonchev–Trinajstić information content (AvgIpc) is 2.61. The highest BCUT2D eigenvalue weighted by Gasteiger charge is 2.25. The monoisotopic (exact) mass is 325 g/mol. The van der Waals surface area contributed by atoms with Gasteiger partial charge < -0.3 is 9.47 Å². The maximum Gasteiger partial charge on any atom is 0.306 e. The molecular formula is C20H23NO3. The van der Waals surface area contributed by atoms with Crippen molar-refractivity contribution < 1.29 is 14.3 Å². The van der Waals surface area contributed by atoms with Gasteiger partial charge in [0.05, 0.1) is 19.2 Å². The van der Waals surface area contributed by atoms with Crippen molar-refractivity contribution in [1.29, 1.82) is 0 Å². The second-order valence-corrected chi connectivity index (χ2v) is 6.09. The van der Waals surface area contributed by atoms with E-state index in [1.165, 1.54) is 5.56 Å². The van der Waals surface area contributed by atoms with Crippen molar-refractivity contribution in [2.75, 3.05) is 6.61 Å². The maximum absolute atomic E-state index is 11.8. The summed E-state index contributed by atoms with van der Waals surface area (Å²) in [6.07, 6.45) is 5.23. The number of hydrogen-bond acceptors (Lipinski definition) is 4. The number of rotatable bonds is 6. The predicted molar refractivity (Wildman–Crippen MR) is 91.9 cm³/mol. The Labute approximate surface area is 142 Å². The smallest absolute Gasteiger partial charge is 0.306 e. The molecule has 0 saturated heterocycles. The Morgan fingerprint density at radius 2 is 2.12 bits per heavy atom. The molecule has 4 nitrogen and oxygen atoms in total. The number of benzene rings is 1. The first-order valence-electron chi connectivity index (χ1n) is 8.57. The highest BCUT2D eigenvalue weighted by Crippen LogP contribution is 2.34. The third kappa shape index (κ3) is 4.13. The number of esters is 1. The van der Waals surface area contributed by atoms with Gasteiger partial charge in [0, 0.05) is 11.6 Å². The Morgan fingerprint density at radius 1 is 1.29 bits per heavy atom. The molecule has 1 atom stereocenters. The number of aromatic nitrogens is 1. The number of fused-ring (bicyclic) bond motifs is 1. The quantitative estimate of drug-likeness (QED) is 0.752. The fraction of sp³-hybridized carbons (Fsp3) is 0.400. The van der Waals surface area contributed by atoms with Gasteiger partial charge in [-0.3, -0.25) is 9.78 Å². The topological polar surface area (TPSA) is 48.4 Å². The molecule has 4 heteroatoms. The van der Waals surface area contributed by atoms with Crippen LogP contribution in [0.4, 0.5) is 0 Å². The molecule has 24 heavy (non-hydrogen) atoms. The van der Waals surface area contributed by atoms with E-state index in [2.05, 4.69) is 11.1 Å². The van der Waals surface area contributed by atoms with E-state index in [0.717, 1.165) is 36.3 Å². The van der Waals surface area contributed by atoms with E-state index in [-0.39, 0.29) is 11.9 Å². The number of carbonyl (C=O) groups excluding carboxylic acids is 1. The van der Waals surface area contributed by atoms with Crippen LogP contribution in [0.1, 0.15) is 48.9 Å². The van der Waals surface area contributed by atoms with Crippen molar-refractivity contribution in [2.45, 2.75) is 45.1 Å². The Balaban J connectivity index is 1.67. The normalized spacial score (nSPS) is 16.3. The van der Waals surface area contributed by atoms with Gasteiger partial charge in [0.15, 0.2) is 0 Å². The third-order valence-corrected chi connectivity index (χ3v) is 4.33. The van der Waals surface area contributed by atoms with Crippen LogP contribution in [0.3, 0.4) is 0 Å². The van der Waals surface area contributed by atoms with Crippen molar-refractivity contribution in [2.24, 2.45) is 0 Å². The van der Waals surface area contributed by atoms with Gasteiger partial charge >= 0.3 is 5.97 Å². The van der Waals surface area contributed by atoms with Crippen molar-refractivity contribution in [3.8, 4) is 5.75 Å². The molecule has 0 spiro atoms. The molecule has 0 fully saturated rings. The van der Waals surface area contributed by atoms with Crippen LogP contribution in [0.5, 0.6) is 5.75 Å². The van der Waals surface area contributed by atoms with Gasteiger partial charge in [-0.25, -0.2) is 0 Å². The van der Waals surface area contributed by atoms with Crippen molar-refractivity contribution in [1.82, 2.24) is 4.98 Å². The zero-order valence-corrected chi connectivity index (χ0v) is 14.0. The summed E-state index contributed by atoms with van der Waals surface area (Å²) in [5.74, 6) is 0.812. The van der Waals surface area contributed by atoms with Crippen molar-refractivity contribution >= 4 is 5.97 Å². The summed E-state index contributed by atoms with van der Waals surface area (Å²) in [6.45, 7) is 2.80. The number of nitrogens with zero attached hydrogens (tertiary/aromatic N) is 1. The van der Waals surface area contributed by atoms with E-state index < -0.39 is 0 Å². The van der Waals surface area contributed by atoms with Crippen LogP contribution in [-0.2, 0) is 22.6 Å². The summed E-state index contributed by atoms with van der Waals surface area (Å²) in [7, 11) is 0. The van der Waals surface area contributed by atoms with Crippen LogP contribution < -0.4 is 4.74 Å². The molecular weight excluding hydrogens is 302 g/mol. The molecule has 0 radical (unpaired) electrons. The number of aryl methyl sites for hydroxylation is 1. The van der Waals surface area contributed by atoms with Gasteiger partial charge in [0.2, 0.25) is 0 Å². The SMILES string of the molecule is CCOC(=O)CC1CCCc2cc(OCc3ccccc3)cnc21. The summed E-state index contributed by atoms with van der Waals surface area (Å²) in [5.41, 5.74) is 3.36. The first-order chi connectivity index (χ1) is 11.8. The standard InChI is InChI=1S/C20H23NO3/c1-2-23-19(22)12-17-10-6-9-16-11-18(13-21-20(16)17)24-14-15-7-4-3-5-8-15/h3-5,7-8,11,13,17H,2,6,9-10,12,14H2,1H3. The lowest BCUT2D eigenvalue weighted by Crippen LogP contribution is -2.17. The lowest BCUT2D eigenvalue weighted by atomic mass is 9.84.